The van der Waals surface area contributed by atoms with Crippen molar-refractivity contribution in [3.63, 3.8) is 0 Å². The van der Waals surface area contributed by atoms with Crippen LogP contribution in [0.4, 0.5) is 5.95 Å². The summed E-state index contributed by atoms with van der Waals surface area (Å²) < 4.78 is 0. The number of nitrogens with zero attached hydrogens (tertiary/aromatic N) is 5. The van der Waals surface area contributed by atoms with Gasteiger partial charge in [-0.3, -0.25) is 0 Å². The van der Waals surface area contributed by atoms with Crippen LogP contribution in [0.3, 0.4) is 0 Å². The van der Waals surface area contributed by atoms with E-state index in [0.29, 0.717) is 4.86 Å². The molecule has 0 bridgehead atoms. The van der Waals surface area contributed by atoms with Crippen LogP contribution in [-0.4, -0.2) is 25.3 Å². The van der Waals surface area contributed by atoms with Gasteiger partial charge in [0.25, 0.3) is 0 Å². The Kier molecular flexibility index (Phi) is 2.18. The number of hydrogen-bond acceptors (Lipinski definition) is 5. The van der Waals surface area contributed by atoms with Gasteiger partial charge in [0.1, 0.15) is 0 Å². The summed E-state index contributed by atoms with van der Waals surface area (Å²) in [6.45, 7) is 5.41. The van der Waals surface area contributed by atoms with E-state index in [0.717, 1.165) is 4.79 Å². The van der Waals surface area contributed by atoms with E-state index in [9.17, 15) is 5.21 Å². The second kappa shape index (κ2) is 3.00. The van der Waals surface area contributed by atoms with Crippen LogP contribution in [0.1, 0.15) is 20.8 Å². The number of azo groups is 1. The molecule has 7 nitrogen and oxygen atoms in total. The zero-order valence-corrected chi connectivity index (χ0v) is 7.80. The molecule has 0 aliphatic heterocycles. The number of rotatable bonds is 1. The van der Waals surface area contributed by atoms with Crippen molar-refractivity contribution in [1.82, 2.24) is 14.9 Å². The smallest absolute Gasteiger partial charge is 0.477 e. The van der Waals surface area contributed by atoms with Gasteiger partial charge in [0, 0.05) is 0 Å². The summed E-state index contributed by atoms with van der Waals surface area (Å²) in [7, 11) is 0. The summed E-state index contributed by atoms with van der Waals surface area (Å²) >= 11 is 0. The highest BCUT2D eigenvalue weighted by Crippen LogP contribution is 2.10. The maximum absolute atomic E-state index is 11.2. The lowest BCUT2D eigenvalue weighted by molar-refractivity contribution is -0.457. The Labute approximate surface area is 75.4 Å². The Hall–Kier alpha value is -1.66. The molecule has 0 aromatic carbocycles. The molecule has 1 rings (SSSR count). The Balaban J connectivity index is 2.91. The van der Waals surface area contributed by atoms with E-state index in [2.05, 4.69) is 15.2 Å². The molecule has 72 valence electrons. The summed E-state index contributed by atoms with van der Waals surface area (Å²) in [5.74, 6) is 5.16. The normalized spacial score (nSPS) is 13.3. The molecule has 0 spiro atoms. The Morgan fingerprint density at radius 1 is 1.62 bits per heavy atom. The lowest BCUT2D eigenvalue weighted by Gasteiger charge is -2.12. The molecular weight excluding hydrogens is 172 g/mol. The van der Waals surface area contributed by atoms with Crippen molar-refractivity contribution in [2.75, 3.05) is 5.84 Å². The van der Waals surface area contributed by atoms with Gasteiger partial charge in [-0.1, -0.05) is 4.79 Å². The zero-order chi connectivity index (χ0) is 10.1. The Morgan fingerprint density at radius 3 is 2.62 bits per heavy atom. The molecule has 0 unspecified atom stereocenters. The molecule has 7 heteroatoms. The van der Waals surface area contributed by atoms with Gasteiger partial charge < -0.3 is 11.0 Å². The minimum atomic E-state index is -0.457. The molecular formula is C6H12N6O. The predicted octanol–water partition coefficient (Wildman–Crippen LogP) is 0.384. The maximum Gasteiger partial charge on any atom is 0.477 e. The summed E-state index contributed by atoms with van der Waals surface area (Å²) in [6, 6.07) is 0. The third-order valence-corrected chi connectivity index (χ3v) is 1.06. The maximum atomic E-state index is 11.2. The number of hydrogen-bond donors (Lipinski definition) is 1. The largest absolute Gasteiger partial charge is 0.722 e. The molecule has 0 saturated carbocycles. The van der Waals surface area contributed by atoms with E-state index in [1.807, 2.05) is 0 Å². The van der Waals surface area contributed by atoms with Gasteiger partial charge >= 0.3 is 5.95 Å². The molecule has 2 N–H and O–H groups in total. The number of nitrogens with two attached hydrogens (primary N) is 1. The van der Waals surface area contributed by atoms with E-state index < -0.39 is 5.54 Å². The van der Waals surface area contributed by atoms with E-state index in [1.165, 1.54) is 6.33 Å². The first-order chi connectivity index (χ1) is 5.88. The van der Waals surface area contributed by atoms with Gasteiger partial charge in [-0.05, 0) is 25.8 Å². The fourth-order valence-corrected chi connectivity index (χ4v) is 0.671. The van der Waals surface area contributed by atoms with Crippen LogP contribution < -0.4 is 5.84 Å². The molecule has 0 amide bonds. The molecule has 0 aliphatic carbocycles. The lowest BCUT2D eigenvalue weighted by atomic mass is 10.1. The summed E-state index contributed by atoms with van der Waals surface area (Å²) in [5.41, 5.74) is -0.457. The van der Waals surface area contributed by atoms with Gasteiger partial charge in [-0.2, -0.15) is 0 Å². The molecule has 1 aromatic rings. The van der Waals surface area contributed by atoms with Crippen molar-refractivity contribution in [3.8, 4) is 0 Å². The van der Waals surface area contributed by atoms with Crippen LogP contribution in [-0.2, 0) is 0 Å². The highest BCUT2D eigenvalue weighted by Gasteiger charge is 2.14. The SMILES string of the molecule is CC(C)(C)N=[N+]([O-])c1ncn(N)n1. The molecule has 0 fully saturated rings. The lowest BCUT2D eigenvalue weighted by Crippen LogP contribution is -2.14. The van der Waals surface area contributed by atoms with E-state index in [4.69, 9.17) is 5.84 Å². The number of nitrogen functional groups attached to an aromatic ring is 1. The van der Waals surface area contributed by atoms with Gasteiger partial charge in [-0.15, -0.1) is 9.97 Å². The van der Waals surface area contributed by atoms with Crippen LogP contribution in [0.25, 0.3) is 0 Å². The van der Waals surface area contributed by atoms with Crippen LogP contribution in [0.5, 0.6) is 0 Å². The van der Waals surface area contributed by atoms with Crippen LogP contribution in [0.2, 0.25) is 0 Å². The van der Waals surface area contributed by atoms with Crippen molar-refractivity contribution in [1.29, 1.82) is 0 Å². The standard InChI is InChI=1S/C6H12N6O/c1-6(2,3)10-12(13)5-8-4-11(7)9-5/h4H,7H2,1-3H3. The minimum absolute atomic E-state index is 0.0579. The molecule has 0 atom stereocenters. The molecule has 13 heavy (non-hydrogen) atoms. The van der Waals surface area contributed by atoms with E-state index in [1.54, 1.807) is 20.8 Å². The van der Waals surface area contributed by atoms with Crippen molar-refractivity contribution in [3.05, 3.63) is 11.5 Å². The second-order valence-corrected chi connectivity index (χ2v) is 3.57. The summed E-state index contributed by atoms with van der Waals surface area (Å²) in [5, 5.41) is 18.6. The van der Waals surface area contributed by atoms with Crippen LogP contribution in [0.15, 0.2) is 11.4 Å². The van der Waals surface area contributed by atoms with Crippen molar-refractivity contribution < 1.29 is 4.86 Å². The molecule has 0 radical (unpaired) electrons. The first-order valence-corrected chi connectivity index (χ1v) is 3.75. The molecule has 1 aromatic heterocycles. The van der Waals surface area contributed by atoms with Crippen molar-refractivity contribution in [2.45, 2.75) is 26.3 Å². The summed E-state index contributed by atoms with van der Waals surface area (Å²) in [6.07, 6.45) is 1.23. The van der Waals surface area contributed by atoms with E-state index in [-0.39, 0.29) is 5.95 Å². The predicted molar refractivity (Wildman–Crippen MR) is 45.6 cm³/mol. The van der Waals surface area contributed by atoms with Gasteiger partial charge in [0.05, 0.1) is 10.6 Å². The fraction of sp³-hybridized carbons (Fsp3) is 0.667. The Morgan fingerprint density at radius 2 is 2.23 bits per heavy atom. The third kappa shape index (κ3) is 2.69. The third-order valence-electron chi connectivity index (χ3n) is 1.06. The van der Waals surface area contributed by atoms with Crippen LogP contribution in [0, 0.1) is 5.21 Å². The van der Waals surface area contributed by atoms with Crippen molar-refractivity contribution >= 4 is 5.95 Å². The van der Waals surface area contributed by atoms with Gasteiger partial charge in [-0.25, -0.2) is 0 Å². The minimum Gasteiger partial charge on any atom is -0.722 e. The molecule has 0 aliphatic rings. The quantitative estimate of drug-likeness (QED) is 0.295. The van der Waals surface area contributed by atoms with E-state index >= 15 is 0 Å². The topological polar surface area (TPSA) is 95.2 Å². The first kappa shape index (κ1) is 9.43. The Bertz CT molecular complexity index is 322. The number of aromatic nitrogens is 3. The zero-order valence-electron chi connectivity index (χ0n) is 7.80. The average molecular weight is 184 g/mol. The fourth-order valence-electron chi connectivity index (χ4n) is 0.671. The summed E-state index contributed by atoms with van der Waals surface area (Å²) in [4.78, 5) is 4.97. The second-order valence-electron chi connectivity index (χ2n) is 3.57. The van der Waals surface area contributed by atoms with Crippen LogP contribution >= 0.6 is 0 Å². The monoisotopic (exact) mass is 184 g/mol. The molecule has 0 saturated heterocycles. The average Bonchev–Trinajstić information content (AvgIpc) is 2.31. The van der Waals surface area contributed by atoms with Gasteiger partial charge in [0.2, 0.25) is 6.33 Å². The molecule has 1 heterocycles. The highest BCUT2D eigenvalue weighted by molar-refractivity contribution is 4.96. The first-order valence-electron chi connectivity index (χ1n) is 3.75. The van der Waals surface area contributed by atoms with Gasteiger partial charge in [0.15, 0.2) is 0 Å². The highest BCUT2D eigenvalue weighted by atomic mass is 16.5. The van der Waals surface area contributed by atoms with Crippen molar-refractivity contribution in [2.24, 2.45) is 5.11 Å².